The first-order valence-electron chi connectivity index (χ1n) is 37.3. The third kappa shape index (κ3) is 14.1. The van der Waals surface area contributed by atoms with Gasteiger partial charge in [0.1, 0.15) is 32.2 Å². The molecular formula is C87H82B2N18OP2. The molecule has 9 aromatic heterocycles. The van der Waals surface area contributed by atoms with E-state index in [1.807, 2.05) is 102 Å². The summed E-state index contributed by atoms with van der Waals surface area (Å²) >= 11 is 0. The van der Waals surface area contributed by atoms with Gasteiger partial charge in [-0.2, -0.15) is 15.3 Å². The Morgan fingerprint density at radius 2 is 0.791 bits per heavy atom. The van der Waals surface area contributed by atoms with E-state index < -0.39 is 15.9 Å². The second kappa shape index (κ2) is 31.4. The zero-order valence-electron chi connectivity index (χ0n) is 60.7. The maximum absolute atomic E-state index is 9.72. The molecule has 0 aliphatic carbocycles. The van der Waals surface area contributed by atoms with Gasteiger partial charge in [-0.3, -0.25) is 38.8 Å². The molecule has 0 bridgehead atoms. The summed E-state index contributed by atoms with van der Waals surface area (Å²) in [7, 11) is 10.8. The summed E-state index contributed by atoms with van der Waals surface area (Å²) in [5.74, 6) is 2.22. The number of fused-ring (bicyclic) bond motifs is 9. The molecule has 0 amide bonds. The molecule has 0 spiro atoms. The largest absolute Gasteiger partial charge is 0.392 e. The molecule has 19 nitrogen and oxygen atoms in total. The highest BCUT2D eigenvalue weighted by molar-refractivity contribution is 7.80. The Kier molecular flexibility index (Phi) is 20.5. The fraction of sp³-hybridized carbons (Fsp3) is 0.207. The van der Waals surface area contributed by atoms with E-state index in [1.54, 1.807) is 0 Å². The van der Waals surface area contributed by atoms with Crippen molar-refractivity contribution in [3.63, 3.8) is 0 Å². The lowest BCUT2D eigenvalue weighted by Gasteiger charge is -2.14. The molecule has 12 heterocycles. The van der Waals surface area contributed by atoms with Gasteiger partial charge in [0.25, 0.3) is 0 Å². The van der Waals surface area contributed by atoms with Crippen molar-refractivity contribution in [2.45, 2.75) is 65.6 Å². The number of likely N-dealkylation sites (tertiary alicyclic amines) is 2. The van der Waals surface area contributed by atoms with Crippen LogP contribution < -0.4 is 5.32 Å². The van der Waals surface area contributed by atoms with Crippen molar-refractivity contribution in [1.29, 1.82) is 0 Å². The highest BCUT2D eigenvalue weighted by atomic mass is 31.1. The average Bonchev–Trinajstić information content (AvgIpc) is 1.60. The van der Waals surface area contributed by atoms with Crippen LogP contribution >= 0.6 is 15.9 Å². The predicted molar refractivity (Wildman–Crippen MR) is 455 cm³/mol. The number of nitrogens with one attached hydrogen (secondary N) is 5. The van der Waals surface area contributed by atoms with E-state index in [2.05, 4.69) is 195 Å². The standard InChI is InChI=1S/C29H26BN6P.C28H24N6.C25H19BN5OP.C4H9N.CH4/c1-37(30)36-26-12-11-19(24-17-31-16-20-7-2-3-9-22(20)24)15-23(26)28(34-36)29-32-25-10-6-8-21(27(25)33-29)18-35-13-4-5-14-35;1-2-8-21-19(6-1)15-29-16-23(21)18-10-11-24-22(14-18)27(33-32-24)28-30-25-9-5-7-20(26(25)31-28)17-34-12-3-4-13-34;1-33(26)31-22-10-9-15(20-13-27-12-16-5-2-3-7-18(16)20)11-19(22)24(30-31)25-28-21-8-4-6-17(14-32)23(21)29-25;1-2-4-5-3-1;/h2-3,6-12,15-17H,4-5,13-14,18H2,1H3,(H,32,33);1-2,5-11,14-16H,3-4,12-13,17H2,(H,30,31)(H,32,33);2-13,32H,14H2,1H3,(H,28,29);5H,1-4H2;1H4. The number of H-pyrrole nitrogens is 4. The van der Waals surface area contributed by atoms with Gasteiger partial charge in [0.05, 0.1) is 56.3 Å². The highest BCUT2D eigenvalue weighted by Crippen LogP contribution is 2.43. The van der Waals surface area contributed by atoms with Crippen LogP contribution in [0.5, 0.6) is 0 Å². The van der Waals surface area contributed by atoms with Crippen LogP contribution in [0.3, 0.4) is 0 Å². The predicted octanol–water partition coefficient (Wildman–Crippen LogP) is 18.5. The number of benzene rings is 9. The van der Waals surface area contributed by atoms with Crippen molar-refractivity contribution in [3.8, 4) is 67.9 Å². The number of pyridine rings is 3. The third-order valence-corrected chi connectivity index (χ3v) is 23.0. The van der Waals surface area contributed by atoms with Crippen LogP contribution in [-0.2, 0) is 19.7 Å². The molecule has 0 saturated carbocycles. The van der Waals surface area contributed by atoms with E-state index in [0.717, 1.165) is 181 Å². The van der Waals surface area contributed by atoms with E-state index in [-0.39, 0.29) is 14.0 Å². The lowest BCUT2D eigenvalue weighted by atomic mass is 9.99. The number of aliphatic hydroxyl groups excluding tert-OH is 1. The average molecular weight is 1480 g/mol. The van der Waals surface area contributed by atoms with Gasteiger partial charge in [-0.05, 0) is 206 Å². The molecule has 23 heteroatoms. The number of hydrogen-bond acceptors (Lipinski definition) is 13. The van der Waals surface area contributed by atoms with Crippen LogP contribution in [-0.4, -0.2) is 157 Å². The molecule has 21 rings (SSSR count). The van der Waals surface area contributed by atoms with E-state index in [0.29, 0.717) is 5.82 Å². The zero-order valence-corrected chi connectivity index (χ0v) is 62.5. The Labute approximate surface area is 641 Å². The van der Waals surface area contributed by atoms with Crippen LogP contribution in [0.25, 0.3) is 166 Å². The van der Waals surface area contributed by atoms with Gasteiger partial charge in [0, 0.05) is 105 Å². The summed E-state index contributed by atoms with van der Waals surface area (Å²) < 4.78 is 3.83. The van der Waals surface area contributed by atoms with Crippen LogP contribution in [0.2, 0.25) is 0 Å². The second-order valence-electron chi connectivity index (χ2n) is 28.4. The molecule has 6 N–H and O–H groups in total. The zero-order chi connectivity index (χ0) is 73.5. The molecule has 2 unspecified atom stereocenters. The first kappa shape index (κ1) is 71.8. The van der Waals surface area contributed by atoms with Gasteiger partial charge < -0.3 is 25.4 Å². The number of imidazole rings is 3. The first-order chi connectivity index (χ1) is 53.6. The fourth-order valence-electron chi connectivity index (χ4n) is 15.8. The third-order valence-electron chi connectivity index (χ3n) is 21.2. The molecule has 3 saturated heterocycles. The van der Waals surface area contributed by atoms with Crippen molar-refractivity contribution in [2.24, 2.45) is 0 Å². The van der Waals surface area contributed by atoms with Crippen molar-refractivity contribution in [1.82, 2.24) is 89.3 Å². The van der Waals surface area contributed by atoms with Crippen molar-refractivity contribution >= 4 is 129 Å². The van der Waals surface area contributed by atoms with Gasteiger partial charge in [0.15, 0.2) is 17.5 Å². The van der Waals surface area contributed by atoms with Gasteiger partial charge in [-0.15, -0.1) is 0 Å². The number of aromatic amines is 4. The summed E-state index contributed by atoms with van der Waals surface area (Å²) in [6.45, 7) is 12.9. The molecule has 18 aromatic rings. The number of aliphatic hydroxyl groups is 1. The lowest BCUT2D eigenvalue weighted by molar-refractivity contribution is 0.283. The van der Waals surface area contributed by atoms with Crippen LogP contribution in [0.15, 0.2) is 219 Å². The summed E-state index contributed by atoms with van der Waals surface area (Å²) in [4.78, 5) is 43.8. The SMILES string of the molecule is C.C1CCNC1.[B]P(C)n1nc(-c2nc3c(CN4CCCC4)cccc3[nH]2)c2cc(-c3cncc4ccccc34)ccc21.[B]P(C)n1nc(-c2nc3c(CO)cccc3[nH]2)c2cc(-c3cncc4ccccc34)ccc21.c1ccc2c(-c3ccc4[nH]nc(-c5nc6c(CN7CCCC7)cccc6[nH]5)c4c3)cncc2c1. The lowest BCUT2D eigenvalue weighted by Crippen LogP contribution is -2.18. The van der Waals surface area contributed by atoms with E-state index in [1.165, 1.54) is 86.6 Å². The Balaban J connectivity index is 0.000000116. The molecule has 110 heavy (non-hydrogen) atoms. The minimum absolute atomic E-state index is 0. The van der Waals surface area contributed by atoms with Gasteiger partial charge in [0.2, 0.25) is 0 Å². The quantitative estimate of drug-likeness (QED) is 0.0467. The number of para-hydroxylation sites is 3. The van der Waals surface area contributed by atoms with Gasteiger partial charge in [-0.1, -0.05) is 135 Å². The molecule has 3 aliphatic rings. The summed E-state index contributed by atoms with van der Waals surface area (Å²) in [5, 5.41) is 40.5. The molecule has 3 fully saturated rings. The number of nitrogens with zero attached hydrogens (tertiary/aromatic N) is 13. The summed E-state index contributed by atoms with van der Waals surface area (Å²) in [5.41, 5.74) is 21.0. The van der Waals surface area contributed by atoms with E-state index in [9.17, 15) is 5.11 Å². The highest BCUT2D eigenvalue weighted by Gasteiger charge is 2.25. The Morgan fingerprint density at radius 1 is 0.400 bits per heavy atom. The smallest absolute Gasteiger partial charge is 0.159 e. The number of rotatable bonds is 13. The monoisotopic (exact) mass is 1480 g/mol. The first-order valence-corrected chi connectivity index (χ1v) is 41.0. The van der Waals surface area contributed by atoms with Crippen LogP contribution in [0, 0.1) is 0 Å². The maximum atomic E-state index is 9.72. The minimum atomic E-state index is -0.979. The Morgan fingerprint density at radius 3 is 1.20 bits per heavy atom. The van der Waals surface area contributed by atoms with Crippen molar-refractivity contribution in [3.05, 3.63) is 236 Å². The molecule has 9 aromatic carbocycles. The fourth-order valence-corrected chi connectivity index (χ4v) is 17.2. The number of hydrogen-bond donors (Lipinski definition) is 6. The minimum Gasteiger partial charge on any atom is -0.392 e. The second-order valence-corrected chi connectivity index (χ2v) is 31.5. The molecule has 2 atom stereocenters. The van der Waals surface area contributed by atoms with Crippen LogP contribution in [0.4, 0.5) is 0 Å². The molecular weight excluding hydrogens is 1400 g/mol. The van der Waals surface area contributed by atoms with E-state index >= 15 is 0 Å². The molecule has 4 radical (unpaired) electrons. The Bertz CT molecular complexity index is 6360. The Hall–Kier alpha value is -11.1. The maximum Gasteiger partial charge on any atom is 0.159 e. The molecule has 3 aliphatic heterocycles. The van der Waals surface area contributed by atoms with Crippen molar-refractivity contribution < 1.29 is 5.11 Å². The van der Waals surface area contributed by atoms with Gasteiger partial charge >= 0.3 is 0 Å². The van der Waals surface area contributed by atoms with Crippen LogP contribution in [0.1, 0.15) is 62.6 Å². The van der Waals surface area contributed by atoms with E-state index in [4.69, 9.17) is 40.3 Å². The van der Waals surface area contributed by atoms with Crippen molar-refractivity contribution in [2.75, 3.05) is 52.6 Å². The summed E-state index contributed by atoms with van der Waals surface area (Å²) in [6, 6.07) is 62.7. The molecule has 542 valence electrons. The normalized spacial score (nSPS) is 14.5. The summed E-state index contributed by atoms with van der Waals surface area (Å²) in [6.07, 6.45) is 19.4. The topological polar surface area (TPSA) is 228 Å². The number of aromatic nitrogens is 15. The van der Waals surface area contributed by atoms with Gasteiger partial charge in [-0.25, -0.2) is 15.0 Å².